The largest absolute Gasteiger partial charge is 0.480 e. The van der Waals surface area contributed by atoms with Crippen LogP contribution < -0.4 is 5.32 Å². The van der Waals surface area contributed by atoms with Gasteiger partial charge in [-0.25, -0.2) is 9.59 Å². The standard InChI is InChI=1S/C10H18N2O5/c1-12(7-3-5-17-6-7)10(16)11-8(2-4-13)9(14)15/h7-8,13H,2-6H2,1H3,(H,11,16)(H,14,15)/t7?,8-/m1/s1. The van der Waals surface area contributed by atoms with Gasteiger partial charge in [-0.2, -0.15) is 0 Å². The lowest BCUT2D eigenvalue weighted by atomic mass is 10.2. The number of aliphatic hydroxyl groups is 1. The Hall–Kier alpha value is -1.34. The molecule has 2 atom stereocenters. The summed E-state index contributed by atoms with van der Waals surface area (Å²) in [4.78, 5) is 24.0. The van der Waals surface area contributed by atoms with Gasteiger partial charge in [0.1, 0.15) is 6.04 Å². The van der Waals surface area contributed by atoms with Crippen molar-refractivity contribution in [2.24, 2.45) is 0 Å². The molecule has 1 rings (SSSR count). The summed E-state index contributed by atoms with van der Waals surface area (Å²) in [6, 6.07) is -1.53. The zero-order valence-corrected chi connectivity index (χ0v) is 9.76. The molecule has 0 bridgehead atoms. The van der Waals surface area contributed by atoms with Crippen LogP contribution >= 0.6 is 0 Å². The average molecular weight is 246 g/mol. The van der Waals surface area contributed by atoms with Crippen molar-refractivity contribution < 1.29 is 24.5 Å². The van der Waals surface area contributed by atoms with Gasteiger partial charge in [-0.3, -0.25) is 0 Å². The zero-order valence-electron chi connectivity index (χ0n) is 9.76. The number of aliphatic hydroxyl groups excluding tert-OH is 1. The first-order chi connectivity index (χ1) is 8.06. The lowest BCUT2D eigenvalue weighted by Crippen LogP contribution is -2.50. The molecule has 1 saturated heterocycles. The van der Waals surface area contributed by atoms with Crippen LogP contribution in [0.15, 0.2) is 0 Å². The first kappa shape index (κ1) is 13.7. The minimum absolute atomic E-state index is 0.00389. The highest BCUT2D eigenvalue weighted by Gasteiger charge is 2.27. The Balaban J connectivity index is 2.47. The molecule has 0 aliphatic carbocycles. The van der Waals surface area contributed by atoms with E-state index in [1.807, 2.05) is 0 Å². The van der Waals surface area contributed by atoms with Gasteiger partial charge < -0.3 is 25.2 Å². The highest BCUT2D eigenvalue weighted by Crippen LogP contribution is 2.10. The van der Waals surface area contributed by atoms with Gasteiger partial charge in [0, 0.05) is 26.7 Å². The average Bonchev–Trinajstić information content (AvgIpc) is 2.80. The second kappa shape index (κ2) is 6.41. The number of nitrogens with one attached hydrogen (secondary N) is 1. The zero-order chi connectivity index (χ0) is 12.8. The number of ether oxygens (including phenoxy) is 1. The van der Waals surface area contributed by atoms with Gasteiger partial charge in [0.15, 0.2) is 0 Å². The van der Waals surface area contributed by atoms with Crippen molar-refractivity contribution in [1.29, 1.82) is 0 Å². The van der Waals surface area contributed by atoms with Crippen LogP contribution in [0, 0.1) is 0 Å². The number of carboxylic acid groups (broad SMARTS) is 1. The minimum Gasteiger partial charge on any atom is -0.480 e. The van der Waals surface area contributed by atoms with Crippen LogP contribution in [0.5, 0.6) is 0 Å². The Kier molecular flexibility index (Phi) is 5.17. The van der Waals surface area contributed by atoms with Gasteiger partial charge in [0.05, 0.1) is 12.6 Å². The molecular weight excluding hydrogens is 228 g/mol. The summed E-state index contributed by atoms with van der Waals surface area (Å²) in [6.45, 7) is 0.802. The third-order valence-electron chi connectivity index (χ3n) is 2.79. The van der Waals surface area contributed by atoms with Crippen molar-refractivity contribution >= 4 is 12.0 Å². The molecular formula is C10H18N2O5. The fourth-order valence-electron chi connectivity index (χ4n) is 1.63. The monoisotopic (exact) mass is 246 g/mol. The predicted octanol–water partition coefficient (Wildman–Crippen LogP) is -0.748. The third kappa shape index (κ3) is 3.86. The van der Waals surface area contributed by atoms with E-state index in [1.54, 1.807) is 7.05 Å². The van der Waals surface area contributed by atoms with E-state index in [0.29, 0.717) is 13.2 Å². The maximum atomic E-state index is 11.7. The number of urea groups is 1. The number of likely N-dealkylation sites (N-methyl/N-ethyl adjacent to an activating group) is 1. The third-order valence-corrected chi connectivity index (χ3v) is 2.79. The fraction of sp³-hybridized carbons (Fsp3) is 0.800. The molecule has 17 heavy (non-hydrogen) atoms. The number of nitrogens with zero attached hydrogens (tertiary/aromatic N) is 1. The molecule has 1 aliphatic heterocycles. The number of carbonyl (C=O) groups excluding carboxylic acids is 1. The number of hydrogen-bond donors (Lipinski definition) is 3. The Bertz CT molecular complexity index is 278. The molecule has 0 aromatic carbocycles. The summed E-state index contributed by atoms with van der Waals surface area (Å²) in [6.07, 6.45) is 0.748. The molecule has 2 amide bonds. The summed E-state index contributed by atoms with van der Waals surface area (Å²) < 4.78 is 5.15. The molecule has 7 heteroatoms. The Morgan fingerprint density at radius 3 is 2.76 bits per heavy atom. The first-order valence-electron chi connectivity index (χ1n) is 5.51. The lowest BCUT2D eigenvalue weighted by Gasteiger charge is -2.25. The summed E-state index contributed by atoms with van der Waals surface area (Å²) >= 11 is 0. The van der Waals surface area contributed by atoms with E-state index >= 15 is 0 Å². The number of carbonyl (C=O) groups is 2. The Morgan fingerprint density at radius 2 is 2.29 bits per heavy atom. The number of carboxylic acids is 1. The highest BCUT2D eigenvalue weighted by atomic mass is 16.5. The normalized spacial score (nSPS) is 20.9. The SMILES string of the molecule is CN(C(=O)N[C@H](CCO)C(=O)O)C1CCOC1. The van der Waals surface area contributed by atoms with Gasteiger partial charge >= 0.3 is 12.0 Å². The molecule has 0 aromatic rings. The first-order valence-corrected chi connectivity index (χ1v) is 5.51. The van der Waals surface area contributed by atoms with Gasteiger partial charge in [0.2, 0.25) is 0 Å². The second-order valence-electron chi connectivity index (χ2n) is 3.98. The molecule has 1 unspecified atom stereocenters. The van der Waals surface area contributed by atoms with Crippen LogP contribution in [-0.4, -0.2) is 66.1 Å². The highest BCUT2D eigenvalue weighted by molar-refractivity contribution is 5.82. The molecule has 1 fully saturated rings. The van der Waals surface area contributed by atoms with Gasteiger partial charge in [-0.05, 0) is 6.42 Å². The summed E-state index contributed by atoms with van der Waals surface area (Å²) in [7, 11) is 1.60. The second-order valence-corrected chi connectivity index (χ2v) is 3.98. The Morgan fingerprint density at radius 1 is 1.59 bits per heavy atom. The van der Waals surface area contributed by atoms with E-state index in [-0.39, 0.29) is 19.1 Å². The van der Waals surface area contributed by atoms with Crippen molar-refractivity contribution in [3.05, 3.63) is 0 Å². The molecule has 0 saturated carbocycles. The predicted molar refractivity (Wildman–Crippen MR) is 58.6 cm³/mol. The van der Waals surface area contributed by atoms with E-state index in [1.165, 1.54) is 4.90 Å². The summed E-state index contributed by atoms with van der Waals surface area (Å²) in [5, 5.41) is 19.9. The lowest BCUT2D eigenvalue weighted by molar-refractivity contribution is -0.139. The van der Waals surface area contributed by atoms with Gasteiger partial charge in [0.25, 0.3) is 0 Å². The summed E-state index contributed by atoms with van der Waals surface area (Å²) in [5.41, 5.74) is 0. The van der Waals surface area contributed by atoms with Crippen molar-refractivity contribution in [1.82, 2.24) is 10.2 Å². The number of hydrogen-bond acceptors (Lipinski definition) is 4. The van der Waals surface area contributed by atoms with E-state index in [4.69, 9.17) is 14.9 Å². The van der Waals surface area contributed by atoms with Crippen molar-refractivity contribution in [2.75, 3.05) is 26.9 Å². The maximum Gasteiger partial charge on any atom is 0.326 e. The number of rotatable bonds is 5. The van der Waals surface area contributed by atoms with Crippen LogP contribution in [0.3, 0.4) is 0 Å². The molecule has 1 heterocycles. The number of aliphatic carboxylic acids is 1. The fourth-order valence-corrected chi connectivity index (χ4v) is 1.63. The molecule has 98 valence electrons. The molecule has 0 aromatic heterocycles. The van der Waals surface area contributed by atoms with E-state index in [0.717, 1.165) is 6.42 Å². The molecule has 0 spiro atoms. The minimum atomic E-state index is -1.15. The van der Waals surface area contributed by atoms with Crippen molar-refractivity contribution in [2.45, 2.75) is 24.9 Å². The van der Waals surface area contributed by atoms with E-state index in [2.05, 4.69) is 5.32 Å². The van der Waals surface area contributed by atoms with Crippen molar-refractivity contribution in [3.8, 4) is 0 Å². The quantitative estimate of drug-likeness (QED) is 0.593. The molecule has 7 nitrogen and oxygen atoms in total. The van der Waals surface area contributed by atoms with E-state index in [9.17, 15) is 9.59 Å². The van der Waals surface area contributed by atoms with Crippen LogP contribution in [0.2, 0.25) is 0 Å². The van der Waals surface area contributed by atoms with Crippen LogP contribution in [-0.2, 0) is 9.53 Å². The smallest absolute Gasteiger partial charge is 0.326 e. The van der Waals surface area contributed by atoms with E-state index < -0.39 is 18.0 Å². The molecule has 3 N–H and O–H groups in total. The van der Waals surface area contributed by atoms with Gasteiger partial charge in [-0.15, -0.1) is 0 Å². The molecule has 0 radical (unpaired) electrons. The van der Waals surface area contributed by atoms with Crippen LogP contribution in [0.1, 0.15) is 12.8 Å². The molecule has 1 aliphatic rings. The van der Waals surface area contributed by atoms with Gasteiger partial charge in [-0.1, -0.05) is 0 Å². The maximum absolute atomic E-state index is 11.7. The van der Waals surface area contributed by atoms with Crippen LogP contribution in [0.25, 0.3) is 0 Å². The van der Waals surface area contributed by atoms with Crippen molar-refractivity contribution in [3.63, 3.8) is 0 Å². The Labute approximate surface area is 99.4 Å². The topological polar surface area (TPSA) is 99.1 Å². The van der Waals surface area contributed by atoms with Crippen LogP contribution in [0.4, 0.5) is 4.79 Å². The summed E-state index contributed by atoms with van der Waals surface area (Å²) in [5.74, 6) is -1.15. The number of amides is 2.